The SMILES string of the molecule is COc1ccc(C2CCCN2C(=O)Nc2cccc(C)c2C(=O)N2CCCC2)cc1. The third-order valence-electron chi connectivity index (χ3n) is 6.14. The average molecular weight is 408 g/mol. The first kappa shape index (κ1) is 20.3. The van der Waals surface area contributed by atoms with E-state index in [0.717, 1.165) is 55.6 Å². The molecule has 0 bridgehead atoms. The standard InChI is InChI=1S/C24H29N3O3/c1-17-7-5-8-20(22(17)23(28)26-14-3-4-15-26)25-24(29)27-16-6-9-21(27)18-10-12-19(30-2)13-11-18/h5,7-8,10-13,21H,3-4,6,9,14-16H2,1-2H3,(H,25,29). The van der Waals surface area contributed by atoms with E-state index in [1.165, 1.54) is 0 Å². The van der Waals surface area contributed by atoms with E-state index >= 15 is 0 Å². The lowest BCUT2D eigenvalue weighted by Crippen LogP contribution is -2.35. The van der Waals surface area contributed by atoms with Crippen molar-refractivity contribution in [2.75, 3.05) is 32.1 Å². The molecule has 0 spiro atoms. The molecular weight excluding hydrogens is 378 g/mol. The van der Waals surface area contributed by atoms with Crippen molar-refractivity contribution in [2.45, 2.75) is 38.6 Å². The Morgan fingerprint density at radius 3 is 2.43 bits per heavy atom. The van der Waals surface area contributed by atoms with Crippen LogP contribution in [0.15, 0.2) is 42.5 Å². The molecule has 1 N–H and O–H groups in total. The van der Waals surface area contributed by atoms with E-state index in [-0.39, 0.29) is 18.0 Å². The number of nitrogens with zero attached hydrogens (tertiary/aromatic N) is 2. The van der Waals surface area contributed by atoms with Crippen LogP contribution in [0.3, 0.4) is 0 Å². The number of urea groups is 1. The molecule has 3 amide bonds. The number of benzene rings is 2. The lowest BCUT2D eigenvalue weighted by Gasteiger charge is -2.26. The van der Waals surface area contributed by atoms with Crippen LogP contribution in [0.5, 0.6) is 5.75 Å². The largest absolute Gasteiger partial charge is 0.497 e. The predicted molar refractivity (Wildman–Crippen MR) is 117 cm³/mol. The normalized spacial score (nSPS) is 18.5. The number of amides is 3. The summed E-state index contributed by atoms with van der Waals surface area (Å²) in [5.74, 6) is 0.812. The van der Waals surface area contributed by atoms with Gasteiger partial charge in [-0.1, -0.05) is 24.3 Å². The van der Waals surface area contributed by atoms with Crippen molar-refractivity contribution in [1.29, 1.82) is 0 Å². The average Bonchev–Trinajstić information content (AvgIpc) is 3.46. The van der Waals surface area contributed by atoms with Gasteiger partial charge in [0.2, 0.25) is 0 Å². The Kier molecular flexibility index (Phi) is 5.93. The minimum absolute atomic E-state index is 0.00836. The number of rotatable bonds is 4. The van der Waals surface area contributed by atoms with Crippen molar-refractivity contribution in [3.63, 3.8) is 0 Å². The number of nitrogens with one attached hydrogen (secondary N) is 1. The molecule has 2 heterocycles. The summed E-state index contributed by atoms with van der Waals surface area (Å²) in [5, 5.41) is 3.03. The topological polar surface area (TPSA) is 61.9 Å². The lowest BCUT2D eigenvalue weighted by atomic mass is 10.0. The highest BCUT2D eigenvalue weighted by Gasteiger charge is 2.31. The molecule has 0 aliphatic carbocycles. The molecule has 0 saturated carbocycles. The molecule has 6 nitrogen and oxygen atoms in total. The molecule has 2 aromatic rings. The van der Waals surface area contributed by atoms with Crippen molar-refractivity contribution in [1.82, 2.24) is 9.80 Å². The zero-order valence-electron chi connectivity index (χ0n) is 17.7. The van der Waals surface area contributed by atoms with E-state index in [4.69, 9.17) is 4.74 Å². The number of hydrogen-bond donors (Lipinski definition) is 1. The molecule has 0 radical (unpaired) electrons. The van der Waals surface area contributed by atoms with Crippen LogP contribution in [0.1, 0.15) is 53.2 Å². The predicted octanol–water partition coefficient (Wildman–Crippen LogP) is 4.61. The Morgan fingerprint density at radius 2 is 1.73 bits per heavy atom. The van der Waals surface area contributed by atoms with Crippen LogP contribution in [0, 0.1) is 6.92 Å². The van der Waals surface area contributed by atoms with E-state index in [0.29, 0.717) is 17.8 Å². The second-order valence-corrected chi connectivity index (χ2v) is 8.05. The molecular formula is C24H29N3O3. The Bertz CT molecular complexity index is 920. The fourth-order valence-corrected chi connectivity index (χ4v) is 4.50. The van der Waals surface area contributed by atoms with Gasteiger partial charge in [0, 0.05) is 19.6 Å². The van der Waals surface area contributed by atoms with Gasteiger partial charge in [-0.2, -0.15) is 0 Å². The van der Waals surface area contributed by atoms with Crippen LogP contribution in [0.25, 0.3) is 0 Å². The summed E-state index contributed by atoms with van der Waals surface area (Å²) >= 11 is 0. The molecule has 2 aliphatic rings. The third kappa shape index (κ3) is 3.99. The number of ether oxygens (including phenoxy) is 1. The first-order chi connectivity index (χ1) is 14.6. The number of hydrogen-bond acceptors (Lipinski definition) is 3. The molecule has 2 fully saturated rings. The van der Waals surface area contributed by atoms with Crippen LogP contribution in [-0.4, -0.2) is 48.5 Å². The van der Waals surface area contributed by atoms with Crippen LogP contribution in [0.2, 0.25) is 0 Å². The minimum atomic E-state index is -0.158. The molecule has 2 aromatic carbocycles. The molecule has 6 heteroatoms. The number of aryl methyl sites for hydroxylation is 1. The smallest absolute Gasteiger partial charge is 0.322 e. The van der Waals surface area contributed by atoms with Gasteiger partial charge in [0.05, 0.1) is 24.4 Å². The van der Waals surface area contributed by atoms with Crippen molar-refractivity contribution < 1.29 is 14.3 Å². The summed E-state index contributed by atoms with van der Waals surface area (Å²) in [5.41, 5.74) is 3.18. The molecule has 4 rings (SSSR count). The zero-order chi connectivity index (χ0) is 21.1. The fraction of sp³-hybridized carbons (Fsp3) is 0.417. The Labute approximate surface area is 177 Å². The first-order valence-corrected chi connectivity index (χ1v) is 10.7. The van der Waals surface area contributed by atoms with Crippen molar-refractivity contribution in [3.05, 3.63) is 59.2 Å². The van der Waals surface area contributed by atoms with Gasteiger partial charge >= 0.3 is 6.03 Å². The Morgan fingerprint density at radius 1 is 1.00 bits per heavy atom. The maximum atomic E-state index is 13.2. The number of anilines is 1. The summed E-state index contributed by atoms with van der Waals surface area (Å²) in [6, 6.07) is 13.4. The van der Waals surface area contributed by atoms with Gasteiger partial charge in [0.1, 0.15) is 5.75 Å². The summed E-state index contributed by atoms with van der Waals surface area (Å²) < 4.78 is 5.25. The van der Waals surface area contributed by atoms with Gasteiger partial charge in [-0.3, -0.25) is 4.79 Å². The quantitative estimate of drug-likeness (QED) is 0.805. The van der Waals surface area contributed by atoms with Gasteiger partial charge < -0.3 is 19.9 Å². The first-order valence-electron chi connectivity index (χ1n) is 10.7. The zero-order valence-corrected chi connectivity index (χ0v) is 17.7. The van der Waals surface area contributed by atoms with Crippen molar-refractivity contribution >= 4 is 17.6 Å². The molecule has 0 aromatic heterocycles. The maximum absolute atomic E-state index is 13.2. The van der Waals surface area contributed by atoms with Gasteiger partial charge in [-0.15, -0.1) is 0 Å². The second-order valence-electron chi connectivity index (χ2n) is 8.05. The van der Waals surface area contributed by atoms with Gasteiger partial charge in [-0.25, -0.2) is 4.79 Å². The molecule has 30 heavy (non-hydrogen) atoms. The van der Waals surface area contributed by atoms with Gasteiger partial charge in [0.15, 0.2) is 0 Å². The van der Waals surface area contributed by atoms with E-state index in [2.05, 4.69) is 5.32 Å². The van der Waals surface area contributed by atoms with Gasteiger partial charge in [-0.05, 0) is 61.9 Å². The summed E-state index contributed by atoms with van der Waals surface area (Å²) in [7, 11) is 1.65. The number of carbonyl (C=O) groups is 2. The van der Waals surface area contributed by atoms with Crippen LogP contribution >= 0.6 is 0 Å². The van der Waals surface area contributed by atoms with E-state index < -0.39 is 0 Å². The molecule has 2 saturated heterocycles. The molecule has 158 valence electrons. The number of methoxy groups -OCH3 is 1. The number of carbonyl (C=O) groups excluding carboxylic acids is 2. The van der Waals surface area contributed by atoms with Crippen molar-refractivity contribution in [3.8, 4) is 5.75 Å². The highest BCUT2D eigenvalue weighted by Crippen LogP contribution is 2.34. The van der Waals surface area contributed by atoms with Crippen LogP contribution in [0.4, 0.5) is 10.5 Å². The summed E-state index contributed by atoms with van der Waals surface area (Å²) in [6.07, 6.45) is 3.96. The molecule has 1 unspecified atom stereocenters. The molecule has 2 aliphatic heterocycles. The highest BCUT2D eigenvalue weighted by atomic mass is 16.5. The monoisotopic (exact) mass is 407 g/mol. The third-order valence-corrected chi connectivity index (χ3v) is 6.14. The van der Waals surface area contributed by atoms with Gasteiger partial charge in [0.25, 0.3) is 5.91 Å². The van der Waals surface area contributed by atoms with E-state index in [1.54, 1.807) is 7.11 Å². The van der Waals surface area contributed by atoms with E-state index in [1.807, 2.05) is 59.2 Å². The van der Waals surface area contributed by atoms with E-state index in [9.17, 15) is 9.59 Å². The Hall–Kier alpha value is -3.02. The summed E-state index contributed by atoms with van der Waals surface area (Å²) in [4.78, 5) is 30.0. The number of likely N-dealkylation sites (tertiary alicyclic amines) is 2. The Balaban J connectivity index is 1.54. The van der Waals surface area contributed by atoms with Crippen LogP contribution < -0.4 is 10.1 Å². The molecule has 1 atom stereocenters. The highest BCUT2D eigenvalue weighted by molar-refractivity contribution is 6.04. The second kappa shape index (κ2) is 8.78. The van der Waals surface area contributed by atoms with Crippen LogP contribution in [-0.2, 0) is 0 Å². The lowest BCUT2D eigenvalue weighted by molar-refractivity contribution is 0.0793. The van der Waals surface area contributed by atoms with Crippen molar-refractivity contribution in [2.24, 2.45) is 0 Å². The fourth-order valence-electron chi connectivity index (χ4n) is 4.50. The minimum Gasteiger partial charge on any atom is -0.497 e. The summed E-state index contributed by atoms with van der Waals surface area (Å²) in [6.45, 7) is 4.19. The maximum Gasteiger partial charge on any atom is 0.322 e.